The van der Waals surface area contributed by atoms with Crippen LogP contribution < -0.4 is 0 Å². The number of alkyl halides is 1. The Labute approximate surface area is 36.9 Å². The average Bonchev–Trinajstić information content (AvgIpc) is 1.46. The first-order valence-corrected chi connectivity index (χ1v) is 1.80. The first-order chi connectivity index (χ1) is 2.41. The van der Waals surface area contributed by atoms with Crippen molar-refractivity contribution >= 4 is 18.4 Å². The summed E-state index contributed by atoms with van der Waals surface area (Å²) >= 11 is 5.00. The number of carbonyl (C=O) groups is 1. The molecule has 0 aromatic heterocycles. The van der Waals surface area contributed by atoms with E-state index in [4.69, 9.17) is 16.4 Å². The monoisotopic (exact) mass is 94.0 g/mol. The molecule has 5 heavy (non-hydrogen) atoms. The highest BCUT2D eigenvalue weighted by molar-refractivity contribution is 6.17. The normalized spacial score (nSPS) is 4.40. The van der Waals surface area contributed by atoms with Gasteiger partial charge in [0.1, 0.15) is 6.79 Å². The minimum atomic E-state index is 0.722. The Morgan fingerprint density at radius 2 is 1.80 bits per heavy atom. The minimum absolute atomic E-state index is 0.722. The van der Waals surface area contributed by atoms with E-state index in [-0.39, 0.29) is 0 Å². The van der Waals surface area contributed by atoms with Gasteiger partial charge in [-0.25, -0.2) is 0 Å². The second kappa shape index (κ2) is 37.6. The SMILES string of the molecule is C=O.CCCl. The van der Waals surface area contributed by atoms with Crippen LogP contribution in [0.5, 0.6) is 0 Å². The second-order valence-electron chi connectivity index (χ2n) is 0.267. The smallest absolute Gasteiger partial charge is 0.106 e. The Morgan fingerprint density at radius 1 is 1.80 bits per heavy atom. The van der Waals surface area contributed by atoms with Gasteiger partial charge < -0.3 is 4.79 Å². The third kappa shape index (κ3) is 9510. The molecule has 0 radical (unpaired) electrons. The van der Waals surface area contributed by atoms with Crippen LogP contribution in [0.1, 0.15) is 6.92 Å². The van der Waals surface area contributed by atoms with E-state index in [1.54, 1.807) is 0 Å². The fourth-order valence-corrected chi connectivity index (χ4v) is 0. The van der Waals surface area contributed by atoms with Crippen molar-refractivity contribution in [2.24, 2.45) is 0 Å². The third-order valence-corrected chi connectivity index (χ3v) is 0. The number of halogens is 1. The summed E-state index contributed by atoms with van der Waals surface area (Å²) in [6, 6.07) is 0. The molecule has 0 aliphatic carbocycles. The summed E-state index contributed by atoms with van der Waals surface area (Å²) in [5.74, 6) is 0.722. The summed E-state index contributed by atoms with van der Waals surface area (Å²) in [4.78, 5) is 8.00. The van der Waals surface area contributed by atoms with E-state index < -0.39 is 0 Å². The van der Waals surface area contributed by atoms with E-state index in [2.05, 4.69) is 0 Å². The largest absolute Gasteiger partial charge is 0.307 e. The van der Waals surface area contributed by atoms with E-state index in [0.717, 1.165) is 5.88 Å². The van der Waals surface area contributed by atoms with Gasteiger partial charge >= 0.3 is 0 Å². The van der Waals surface area contributed by atoms with Crippen LogP contribution in [-0.4, -0.2) is 12.7 Å². The molecule has 32 valence electrons. The topological polar surface area (TPSA) is 17.1 Å². The molecule has 0 rings (SSSR count). The molecule has 0 aliphatic heterocycles. The predicted molar refractivity (Wildman–Crippen MR) is 23.5 cm³/mol. The molecule has 0 atom stereocenters. The molecule has 0 unspecified atom stereocenters. The summed E-state index contributed by atoms with van der Waals surface area (Å²) in [6.45, 7) is 3.89. The molecule has 0 fully saturated rings. The van der Waals surface area contributed by atoms with Crippen LogP contribution in [0.25, 0.3) is 0 Å². The maximum Gasteiger partial charge on any atom is 0.106 e. The van der Waals surface area contributed by atoms with Gasteiger partial charge in [-0.2, -0.15) is 0 Å². The molecule has 0 saturated carbocycles. The van der Waals surface area contributed by atoms with Gasteiger partial charge in [-0.1, -0.05) is 6.92 Å². The van der Waals surface area contributed by atoms with Gasteiger partial charge in [0.2, 0.25) is 0 Å². The second-order valence-corrected chi connectivity index (χ2v) is 0.802. The summed E-state index contributed by atoms with van der Waals surface area (Å²) in [5.41, 5.74) is 0. The summed E-state index contributed by atoms with van der Waals surface area (Å²) in [7, 11) is 0. The van der Waals surface area contributed by atoms with Crippen molar-refractivity contribution < 1.29 is 4.79 Å². The zero-order valence-electron chi connectivity index (χ0n) is 3.20. The van der Waals surface area contributed by atoms with Gasteiger partial charge in [0.05, 0.1) is 0 Å². The average molecular weight is 94.5 g/mol. The van der Waals surface area contributed by atoms with E-state index in [1.807, 2.05) is 13.7 Å². The zero-order chi connectivity index (χ0) is 4.71. The number of carbonyl (C=O) groups excluding carboxylic acids is 1. The lowest BCUT2D eigenvalue weighted by Gasteiger charge is -1.45. The van der Waals surface area contributed by atoms with Crippen molar-refractivity contribution in [2.75, 3.05) is 5.88 Å². The van der Waals surface area contributed by atoms with Crippen LogP contribution >= 0.6 is 11.6 Å². The third-order valence-electron chi connectivity index (χ3n) is 0. The molecule has 0 N–H and O–H groups in total. The van der Waals surface area contributed by atoms with E-state index in [1.165, 1.54) is 0 Å². The lowest BCUT2D eigenvalue weighted by Crippen LogP contribution is -1.36. The number of hydrogen-bond donors (Lipinski definition) is 0. The lowest BCUT2D eigenvalue weighted by atomic mass is 11.0. The molecule has 0 heterocycles. The minimum Gasteiger partial charge on any atom is -0.307 e. The van der Waals surface area contributed by atoms with Gasteiger partial charge in [0, 0.05) is 5.88 Å². The van der Waals surface area contributed by atoms with Gasteiger partial charge in [-0.05, 0) is 0 Å². The van der Waals surface area contributed by atoms with Crippen molar-refractivity contribution in [3.63, 3.8) is 0 Å². The highest BCUT2D eigenvalue weighted by Crippen LogP contribution is 1.59. The molecule has 0 spiro atoms. The first kappa shape index (κ1) is 8.88. The van der Waals surface area contributed by atoms with Gasteiger partial charge in [-0.15, -0.1) is 11.6 Å². The molecular formula is C3H7ClO. The molecule has 0 bridgehead atoms. The first-order valence-electron chi connectivity index (χ1n) is 1.26. The Morgan fingerprint density at radius 3 is 1.80 bits per heavy atom. The summed E-state index contributed by atoms with van der Waals surface area (Å²) in [6.07, 6.45) is 0. The van der Waals surface area contributed by atoms with E-state index >= 15 is 0 Å². The molecule has 2 heteroatoms. The zero-order valence-corrected chi connectivity index (χ0v) is 3.96. The van der Waals surface area contributed by atoms with Crippen LogP contribution in [0.3, 0.4) is 0 Å². The molecule has 1 nitrogen and oxygen atoms in total. The quantitative estimate of drug-likeness (QED) is 0.410. The summed E-state index contributed by atoms with van der Waals surface area (Å²) < 4.78 is 0. The van der Waals surface area contributed by atoms with Gasteiger partial charge in [-0.3, -0.25) is 0 Å². The standard InChI is InChI=1S/C2H5Cl.CH2O/c1-2-3;1-2/h2H2,1H3;1H2. The van der Waals surface area contributed by atoms with Crippen LogP contribution in [0.15, 0.2) is 0 Å². The van der Waals surface area contributed by atoms with Crippen LogP contribution in [0, 0.1) is 0 Å². The van der Waals surface area contributed by atoms with E-state index in [0.29, 0.717) is 0 Å². The fraction of sp³-hybridized carbons (Fsp3) is 0.667. The lowest BCUT2D eigenvalue weighted by molar-refractivity contribution is -0.0979. The predicted octanol–water partition coefficient (Wildman–Crippen LogP) is 1.06. The molecule has 0 saturated heterocycles. The van der Waals surface area contributed by atoms with Crippen molar-refractivity contribution in [1.82, 2.24) is 0 Å². The van der Waals surface area contributed by atoms with Crippen LogP contribution in [0.2, 0.25) is 0 Å². The van der Waals surface area contributed by atoms with Gasteiger partial charge in [0.25, 0.3) is 0 Å². The van der Waals surface area contributed by atoms with Crippen molar-refractivity contribution in [2.45, 2.75) is 6.92 Å². The van der Waals surface area contributed by atoms with Crippen LogP contribution in [-0.2, 0) is 4.79 Å². The van der Waals surface area contributed by atoms with Crippen molar-refractivity contribution in [1.29, 1.82) is 0 Å². The molecule has 0 amide bonds. The van der Waals surface area contributed by atoms with Crippen molar-refractivity contribution in [3.8, 4) is 0 Å². The number of rotatable bonds is 0. The number of hydrogen-bond acceptors (Lipinski definition) is 1. The maximum absolute atomic E-state index is 8.00. The van der Waals surface area contributed by atoms with Crippen LogP contribution in [0.4, 0.5) is 0 Å². The maximum atomic E-state index is 8.00. The molecule has 0 aliphatic rings. The highest BCUT2D eigenvalue weighted by Gasteiger charge is 1.38. The summed E-state index contributed by atoms with van der Waals surface area (Å²) in [5, 5.41) is 0. The Hall–Kier alpha value is -0.0400. The highest BCUT2D eigenvalue weighted by atomic mass is 35.5. The van der Waals surface area contributed by atoms with E-state index in [9.17, 15) is 0 Å². The Bertz CT molecular complexity index is 10.9. The Kier molecular flexibility index (Phi) is 66.8. The van der Waals surface area contributed by atoms with Crippen molar-refractivity contribution in [3.05, 3.63) is 0 Å². The molecule has 0 aromatic rings. The Balaban J connectivity index is 0. The van der Waals surface area contributed by atoms with Gasteiger partial charge in [0.15, 0.2) is 0 Å². The fourth-order valence-electron chi connectivity index (χ4n) is 0. The molecular weight excluding hydrogens is 87.5 g/mol. The molecule has 0 aromatic carbocycles.